The first kappa shape index (κ1) is 32.9. The van der Waals surface area contributed by atoms with Crippen molar-refractivity contribution in [3.63, 3.8) is 0 Å². The highest BCUT2D eigenvalue weighted by Crippen LogP contribution is 2.39. The lowest BCUT2D eigenvalue weighted by atomic mass is 9.78. The van der Waals surface area contributed by atoms with Gasteiger partial charge in [-0.15, -0.1) is 0 Å². The molecule has 0 atom stereocenters. The maximum Gasteiger partial charge on any atom is 0.496 e. The van der Waals surface area contributed by atoms with Crippen LogP contribution in [0.1, 0.15) is 11.1 Å². The molecule has 0 aliphatic carbocycles. The van der Waals surface area contributed by atoms with Gasteiger partial charge in [-0.3, -0.25) is 0 Å². The van der Waals surface area contributed by atoms with Crippen LogP contribution >= 0.6 is 22.6 Å². The second-order valence-corrected chi connectivity index (χ2v) is 9.46. The molecule has 4 aromatic rings. The molecule has 0 amide bonds. The van der Waals surface area contributed by atoms with E-state index in [-0.39, 0.29) is 17.1 Å². The minimum absolute atomic E-state index is 0.0990. The molecule has 10 heteroatoms. The van der Waals surface area contributed by atoms with Crippen LogP contribution in [0.15, 0.2) is 72.8 Å². The summed E-state index contributed by atoms with van der Waals surface area (Å²) in [6, 6.07) is 21.0. The van der Waals surface area contributed by atoms with E-state index in [4.69, 9.17) is 29.0 Å². The lowest BCUT2D eigenvalue weighted by molar-refractivity contribution is 0.385. The van der Waals surface area contributed by atoms with E-state index in [0.717, 1.165) is 0 Å². The number of ether oxygens (including phenoxy) is 4. The lowest BCUT2D eigenvalue weighted by Crippen LogP contribution is -2.32. The minimum atomic E-state index is -1.59. The molecule has 0 radical (unpaired) electrons. The Labute approximate surface area is 247 Å². The topological polar surface area (TPSA) is 77.4 Å². The molecular formula is C30H32BF2IO6. The molecule has 0 spiro atoms. The van der Waals surface area contributed by atoms with Crippen LogP contribution in [0.25, 0.3) is 11.1 Å². The summed E-state index contributed by atoms with van der Waals surface area (Å²) in [4.78, 5) is 0. The predicted molar refractivity (Wildman–Crippen MR) is 163 cm³/mol. The molecule has 0 unspecified atom stereocenters. The van der Waals surface area contributed by atoms with Gasteiger partial charge in [-0.05, 0) is 77.9 Å². The Balaban J connectivity index is 0.000000224. The van der Waals surface area contributed by atoms with Crippen molar-refractivity contribution in [1.82, 2.24) is 0 Å². The maximum atomic E-state index is 14.2. The van der Waals surface area contributed by atoms with E-state index in [2.05, 4.69) is 0 Å². The van der Waals surface area contributed by atoms with Gasteiger partial charge in [0.1, 0.15) is 34.6 Å². The van der Waals surface area contributed by atoms with Crippen molar-refractivity contribution in [3.05, 3.63) is 99.1 Å². The number of rotatable bonds is 6. The van der Waals surface area contributed by atoms with E-state index in [1.165, 1.54) is 14.2 Å². The van der Waals surface area contributed by atoms with Crippen LogP contribution in [0.4, 0.5) is 8.78 Å². The standard InChI is InChI=1S/C15H15FO2.C8H11BO4.C7H6FI/c1-10-6-4-7-11(15(10)16)14-12(17-2)8-5-9-13(14)18-3;1-12-6-4-3-5-7(13-2)8(6)9(10)11;1-5-3-2-4-6(9)7(5)8/h4-9H,1-3H3;3-5,10-11H,1-2H3;2-4H,1H3. The van der Waals surface area contributed by atoms with Crippen LogP contribution in [-0.4, -0.2) is 45.6 Å². The van der Waals surface area contributed by atoms with Gasteiger partial charge in [0.2, 0.25) is 0 Å². The zero-order valence-corrected chi connectivity index (χ0v) is 25.3. The molecule has 0 aliphatic heterocycles. The zero-order chi connectivity index (χ0) is 29.8. The fourth-order valence-electron chi connectivity index (χ4n) is 3.70. The second kappa shape index (κ2) is 16.0. The molecule has 0 aliphatic rings. The Bertz CT molecular complexity index is 1340. The first-order chi connectivity index (χ1) is 19.1. The van der Waals surface area contributed by atoms with Crippen molar-refractivity contribution >= 4 is 35.2 Å². The molecule has 0 saturated heterocycles. The normalized spacial score (nSPS) is 9.88. The number of halogens is 3. The summed E-state index contributed by atoms with van der Waals surface area (Å²) >= 11 is 1.97. The van der Waals surface area contributed by atoms with Crippen LogP contribution in [0.3, 0.4) is 0 Å². The Morgan fingerprint density at radius 1 is 0.600 bits per heavy atom. The van der Waals surface area contributed by atoms with Gasteiger partial charge in [-0.1, -0.05) is 42.5 Å². The summed E-state index contributed by atoms with van der Waals surface area (Å²) in [6.45, 7) is 3.50. The smallest absolute Gasteiger partial charge is 0.496 e. The Morgan fingerprint density at radius 3 is 1.40 bits per heavy atom. The van der Waals surface area contributed by atoms with Gasteiger partial charge in [0.15, 0.2) is 0 Å². The van der Waals surface area contributed by atoms with Crippen LogP contribution in [0.2, 0.25) is 0 Å². The fourth-order valence-corrected chi connectivity index (χ4v) is 4.34. The van der Waals surface area contributed by atoms with Gasteiger partial charge in [0.25, 0.3) is 0 Å². The van der Waals surface area contributed by atoms with Crippen molar-refractivity contribution in [1.29, 1.82) is 0 Å². The molecule has 0 bridgehead atoms. The summed E-state index contributed by atoms with van der Waals surface area (Å²) in [7, 11) is 4.45. The van der Waals surface area contributed by atoms with Crippen LogP contribution in [0, 0.1) is 29.1 Å². The lowest BCUT2D eigenvalue weighted by Gasteiger charge is -2.14. The van der Waals surface area contributed by atoms with Crippen LogP contribution in [0.5, 0.6) is 23.0 Å². The molecule has 0 heterocycles. The van der Waals surface area contributed by atoms with E-state index >= 15 is 0 Å². The van der Waals surface area contributed by atoms with Gasteiger partial charge in [0.05, 0.1) is 39.5 Å². The number of benzene rings is 4. The molecule has 4 aromatic carbocycles. The van der Waals surface area contributed by atoms with Gasteiger partial charge in [0, 0.05) is 9.13 Å². The number of hydrogen-bond donors (Lipinski definition) is 2. The van der Waals surface area contributed by atoms with Gasteiger partial charge in [-0.2, -0.15) is 0 Å². The highest BCUT2D eigenvalue weighted by molar-refractivity contribution is 14.1. The van der Waals surface area contributed by atoms with E-state index in [0.29, 0.717) is 48.8 Å². The van der Waals surface area contributed by atoms with E-state index in [1.807, 2.05) is 40.8 Å². The largest absolute Gasteiger partial charge is 0.497 e. The highest BCUT2D eigenvalue weighted by atomic mass is 127. The zero-order valence-electron chi connectivity index (χ0n) is 23.2. The molecular weight excluding hydrogens is 632 g/mol. The fraction of sp³-hybridized carbons (Fsp3) is 0.200. The number of methoxy groups -OCH3 is 4. The van der Waals surface area contributed by atoms with Crippen molar-refractivity contribution in [2.24, 2.45) is 0 Å². The molecule has 212 valence electrons. The SMILES string of the molecule is COc1cccc(OC)c1-c1cccc(C)c1F.COc1cccc(OC)c1B(O)O.Cc1cccc(I)c1F. The Kier molecular flexibility index (Phi) is 13.2. The third kappa shape index (κ3) is 8.33. The van der Waals surface area contributed by atoms with Gasteiger partial charge < -0.3 is 29.0 Å². The van der Waals surface area contributed by atoms with Crippen LogP contribution < -0.4 is 24.4 Å². The Morgan fingerprint density at radius 2 is 1.00 bits per heavy atom. The molecule has 0 aromatic heterocycles. The molecule has 6 nitrogen and oxygen atoms in total. The van der Waals surface area contributed by atoms with Crippen LogP contribution in [-0.2, 0) is 0 Å². The van der Waals surface area contributed by atoms with E-state index in [9.17, 15) is 8.78 Å². The van der Waals surface area contributed by atoms with Crippen molar-refractivity contribution in [3.8, 4) is 34.1 Å². The summed E-state index contributed by atoms with van der Waals surface area (Å²) in [5.41, 5.74) is 2.68. The van der Waals surface area contributed by atoms with E-state index in [1.54, 1.807) is 82.7 Å². The second-order valence-electron chi connectivity index (χ2n) is 8.29. The number of aryl methyl sites for hydroxylation is 2. The molecule has 0 fully saturated rings. The van der Waals surface area contributed by atoms with Crippen molar-refractivity contribution in [2.45, 2.75) is 13.8 Å². The summed E-state index contributed by atoms with van der Waals surface area (Å²) in [6.07, 6.45) is 0. The summed E-state index contributed by atoms with van der Waals surface area (Å²) < 4.78 is 48.1. The van der Waals surface area contributed by atoms with Crippen molar-refractivity contribution < 1.29 is 37.8 Å². The minimum Gasteiger partial charge on any atom is -0.497 e. The first-order valence-corrected chi connectivity index (χ1v) is 13.1. The molecule has 4 rings (SSSR count). The Hall–Kier alpha value is -3.35. The third-order valence-electron chi connectivity index (χ3n) is 5.76. The molecule has 0 saturated carbocycles. The van der Waals surface area contributed by atoms with Gasteiger partial charge >= 0.3 is 7.12 Å². The molecule has 40 heavy (non-hydrogen) atoms. The molecule has 2 N–H and O–H groups in total. The monoisotopic (exact) mass is 664 g/mol. The third-order valence-corrected chi connectivity index (χ3v) is 6.59. The average Bonchev–Trinajstić information content (AvgIpc) is 2.97. The summed E-state index contributed by atoms with van der Waals surface area (Å²) in [5, 5.41) is 18.1. The average molecular weight is 664 g/mol. The quantitative estimate of drug-likeness (QED) is 0.197. The highest BCUT2D eigenvalue weighted by Gasteiger charge is 2.21. The van der Waals surface area contributed by atoms with E-state index < -0.39 is 7.12 Å². The van der Waals surface area contributed by atoms with Crippen molar-refractivity contribution in [2.75, 3.05) is 28.4 Å². The predicted octanol–water partition coefficient (Wildman–Crippen LogP) is 5.94. The maximum absolute atomic E-state index is 14.2. The number of hydrogen-bond acceptors (Lipinski definition) is 6. The first-order valence-electron chi connectivity index (χ1n) is 12.0. The van der Waals surface area contributed by atoms with Gasteiger partial charge in [-0.25, -0.2) is 8.78 Å². The summed E-state index contributed by atoms with van der Waals surface area (Å²) in [5.74, 6) is 1.64.